The maximum absolute atomic E-state index is 12.7. The molecular weight excluding hydrogens is 384 g/mol. The van der Waals surface area contributed by atoms with Crippen molar-refractivity contribution in [3.63, 3.8) is 0 Å². The molecule has 0 bridgehead atoms. The molecule has 8 heteroatoms. The maximum atomic E-state index is 12.7. The molecule has 0 amide bonds. The minimum absolute atomic E-state index is 0.00840. The predicted molar refractivity (Wildman–Crippen MR) is 114 cm³/mol. The van der Waals surface area contributed by atoms with E-state index in [-0.39, 0.29) is 12.3 Å². The largest absolute Gasteiger partial charge is 0.460 e. The minimum Gasteiger partial charge on any atom is -0.460 e. The third-order valence-electron chi connectivity index (χ3n) is 5.34. The highest BCUT2D eigenvalue weighted by Crippen LogP contribution is 2.29. The fraction of sp³-hybridized carbons (Fsp3) is 0.727. The van der Waals surface area contributed by atoms with Gasteiger partial charge in [-0.1, -0.05) is 50.1 Å². The Balaban J connectivity index is 1.96. The van der Waals surface area contributed by atoms with Crippen LogP contribution >= 0.6 is 0 Å². The van der Waals surface area contributed by atoms with Crippen LogP contribution in [0.1, 0.15) is 84.4 Å². The fourth-order valence-electron chi connectivity index (χ4n) is 3.84. The summed E-state index contributed by atoms with van der Waals surface area (Å²) in [5.41, 5.74) is 5.27. The quantitative estimate of drug-likeness (QED) is 0.215. The molecule has 2 N–H and O–H groups in total. The summed E-state index contributed by atoms with van der Waals surface area (Å²) in [5, 5.41) is 3.74. The van der Waals surface area contributed by atoms with Crippen molar-refractivity contribution in [3.8, 4) is 0 Å². The number of hydrogen-bond acceptors (Lipinski definition) is 6. The first-order valence-electron chi connectivity index (χ1n) is 10.9. The zero-order valence-corrected chi connectivity index (χ0v) is 18.7. The molecule has 1 saturated carbocycles. The van der Waals surface area contributed by atoms with Gasteiger partial charge in [-0.05, 0) is 33.1 Å². The Labute approximate surface area is 179 Å². The van der Waals surface area contributed by atoms with Crippen molar-refractivity contribution in [2.45, 2.75) is 84.2 Å². The van der Waals surface area contributed by atoms with E-state index in [1.165, 1.54) is 32.1 Å². The van der Waals surface area contributed by atoms with E-state index >= 15 is 0 Å². The highest BCUT2D eigenvalue weighted by atomic mass is 16.7. The average molecular weight is 421 g/mol. The van der Waals surface area contributed by atoms with Crippen LogP contribution in [-0.2, 0) is 26.2 Å². The monoisotopic (exact) mass is 420 g/mol. The summed E-state index contributed by atoms with van der Waals surface area (Å²) in [6, 6.07) is 0. The van der Waals surface area contributed by atoms with Crippen LogP contribution in [-0.4, -0.2) is 32.9 Å². The summed E-state index contributed by atoms with van der Waals surface area (Å²) in [7, 11) is 1.77. The van der Waals surface area contributed by atoms with E-state index in [1.54, 1.807) is 44.8 Å². The van der Waals surface area contributed by atoms with E-state index in [1.807, 2.05) is 0 Å². The Hall–Kier alpha value is -2.38. The lowest BCUT2D eigenvalue weighted by Crippen LogP contribution is -2.28. The Morgan fingerprint density at radius 1 is 1.30 bits per heavy atom. The topological polar surface area (TPSA) is 109 Å². The zero-order chi connectivity index (χ0) is 22.1. The summed E-state index contributed by atoms with van der Waals surface area (Å²) >= 11 is 0. The van der Waals surface area contributed by atoms with E-state index in [2.05, 4.69) is 10.1 Å². The van der Waals surface area contributed by atoms with Gasteiger partial charge in [0, 0.05) is 19.4 Å². The predicted octanol–water partition coefficient (Wildman–Crippen LogP) is 3.68. The lowest BCUT2D eigenvalue weighted by atomic mass is 9.84. The Kier molecular flexibility index (Phi) is 8.87. The number of carbonyl (C=O) groups excluding carboxylic acids is 2. The number of esters is 1. The Bertz CT molecular complexity index is 730. The van der Waals surface area contributed by atoms with Gasteiger partial charge in [0.05, 0.1) is 12.3 Å². The van der Waals surface area contributed by atoms with E-state index in [9.17, 15) is 9.59 Å². The number of rotatable bonds is 9. The van der Waals surface area contributed by atoms with Crippen molar-refractivity contribution in [2.75, 3.05) is 0 Å². The molecule has 1 aromatic rings. The second kappa shape index (κ2) is 11.1. The van der Waals surface area contributed by atoms with Crippen molar-refractivity contribution in [1.82, 2.24) is 9.55 Å². The number of carbonyl (C=O) groups is 2. The average Bonchev–Trinajstić information content (AvgIpc) is 3.10. The zero-order valence-electron chi connectivity index (χ0n) is 18.7. The number of nitrogens with zero attached hydrogens (tertiary/aromatic N) is 3. The van der Waals surface area contributed by atoms with Gasteiger partial charge >= 0.3 is 11.9 Å². The molecule has 0 unspecified atom stereocenters. The van der Waals surface area contributed by atoms with Crippen LogP contribution in [0.3, 0.4) is 0 Å². The molecule has 1 heterocycles. The lowest BCUT2D eigenvalue weighted by Gasteiger charge is -2.23. The van der Waals surface area contributed by atoms with Gasteiger partial charge in [0.25, 0.3) is 0 Å². The first-order chi connectivity index (χ1) is 14.2. The molecule has 1 aliphatic carbocycles. The van der Waals surface area contributed by atoms with Gasteiger partial charge in [0.2, 0.25) is 5.84 Å². The van der Waals surface area contributed by atoms with Crippen molar-refractivity contribution in [3.05, 3.63) is 18.2 Å². The van der Waals surface area contributed by atoms with E-state index < -0.39 is 23.5 Å². The molecular formula is C22H36N4O4. The third-order valence-corrected chi connectivity index (χ3v) is 5.34. The molecule has 1 aliphatic rings. The highest BCUT2D eigenvalue weighted by molar-refractivity contribution is 5.94. The van der Waals surface area contributed by atoms with Crippen LogP contribution < -0.4 is 5.73 Å². The molecule has 0 aliphatic heterocycles. The number of nitrogens with two attached hydrogens (primary N) is 1. The van der Waals surface area contributed by atoms with E-state index in [0.29, 0.717) is 18.2 Å². The SMILES string of the molecule is Cn1ccnc1/C(N)=N/OC(=O)[C@H](CCCC1CCCCC1)CC(=O)OC(C)(C)C. The van der Waals surface area contributed by atoms with Crippen LogP contribution in [0.2, 0.25) is 0 Å². The number of imidazole rings is 1. The molecule has 168 valence electrons. The molecule has 30 heavy (non-hydrogen) atoms. The minimum atomic E-state index is -0.610. The number of amidine groups is 1. The van der Waals surface area contributed by atoms with Crippen molar-refractivity contribution in [1.29, 1.82) is 0 Å². The Morgan fingerprint density at radius 3 is 2.60 bits per heavy atom. The van der Waals surface area contributed by atoms with Crippen LogP contribution in [0, 0.1) is 11.8 Å². The first-order valence-corrected chi connectivity index (χ1v) is 10.9. The Morgan fingerprint density at radius 2 is 2.00 bits per heavy atom. The number of aryl methyl sites for hydroxylation is 1. The van der Waals surface area contributed by atoms with Crippen molar-refractivity contribution >= 4 is 17.8 Å². The van der Waals surface area contributed by atoms with Gasteiger partial charge in [-0.3, -0.25) is 4.79 Å². The molecule has 0 spiro atoms. The molecule has 1 aromatic heterocycles. The molecule has 1 fully saturated rings. The molecule has 8 nitrogen and oxygen atoms in total. The normalized spacial score (nSPS) is 16.9. The molecule has 1 atom stereocenters. The van der Waals surface area contributed by atoms with Crippen LogP contribution in [0.15, 0.2) is 17.5 Å². The summed E-state index contributed by atoms with van der Waals surface area (Å²) in [6.07, 6.45) is 12.2. The van der Waals surface area contributed by atoms with Gasteiger partial charge in [-0.15, -0.1) is 0 Å². The second-order valence-corrected chi connectivity index (χ2v) is 9.17. The summed E-state index contributed by atoms with van der Waals surface area (Å²) in [5.74, 6) is -0.460. The van der Waals surface area contributed by atoms with Gasteiger partial charge < -0.3 is 19.9 Å². The number of aromatic nitrogens is 2. The van der Waals surface area contributed by atoms with Gasteiger partial charge in [0.15, 0.2) is 5.82 Å². The van der Waals surface area contributed by atoms with Gasteiger partial charge in [-0.2, -0.15) is 0 Å². The maximum Gasteiger partial charge on any atom is 0.338 e. The summed E-state index contributed by atoms with van der Waals surface area (Å²) in [4.78, 5) is 34.1. The first kappa shape index (κ1) is 23.9. The lowest BCUT2D eigenvalue weighted by molar-refractivity contribution is -0.161. The summed E-state index contributed by atoms with van der Waals surface area (Å²) in [6.45, 7) is 5.41. The molecule has 0 saturated heterocycles. The van der Waals surface area contributed by atoms with E-state index in [0.717, 1.165) is 12.8 Å². The highest BCUT2D eigenvalue weighted by Gasteiger charge is 2.27. The molecule has 2 rings (SSSR count). The van der Waals surface area contributed by atoms with Crippen LogP contribution in [0.25, 0.3) is 0 Å². The van der Waals surface area contributed by atoms with E-state index in [4.69, 9.17) is 15.3 Å². The smallest absolute Gasteiger partial charge is 0.338 e. The van der Waals surface area contributed by atoms with Gasteiger partial charge in [-0.25, -0.2) is 9.78 Å². The third kappa shape index (κ3) is 8.16. The van der Waals surface area contributed by atoms with Crippen molar-refractivity contribution in [2.24, 2.45) is 29.8 Å². The number of oxime groups is 1. The summed E-state index contributed by atoms with van der Waals surface area (Å²) < 4.78 is 7.07. The fourth-order valence-corrected chi connectivity index (χ4v) is 3.84. The molecule has 0 aromatic carbocycles. The molecule has 0 radical (unpaired) electrons. The van der Waals surface area contributed by atoms with Crippen LogP contribution in [0.5, 0.6) is 0 Å². The number of ether oxygens (including phenoxy) is 1. The van der Waals surface area contributed by atoms with Crippen molar-refractivity contribution < 1.29 is 19.2 Å². The number of hydrogen-bond donors (Lipinski definition) is 1. The van der Waals surface area contributed by atoms with Crippen LogP contribution in [0.4, 0.5) is 0 Å². The standard InChI is InChI=1S/C22H36N4O4/c1-22(2,3)29-18(27)15-17(12-8-11-16-9-6-5-7-10-16)21(28)30-25-19(23)20-24-13-14-26(20)4/h13-14,16-17H,5-12,15H2,1-4H3,(H2,23,25)/t17-/m1/s1. The second-order valence-electron chi connectivity index (χ2n) is 9.17. The van der Waals surface area contributed by atoms with Gasteiger partial charge in [0.1, 0.15) is 5.60 Å².